The Labute approximate surface area is 442 Å². The standard InChI is InChI=1S/C66H78N8/c1-14-19-25-46-30-32-50(42(6)7)56(55(46)43(8)9)47-31-33-52-54(41-47)74-60-58(68-35-37-70-60)72(49-39-44(10)38-45(11)40-49)62(74)66(18-5,64(52,13)16-3)65(17-4)61-71(48-26-21-20-22-27-48)57-59(69-36-34-67-57)73(61)53-29-24-23-28-51(53)63(65,12)15-2/h20-24,26-43,61-62H,14-19,25H2,1-13H3. The van der Waals surface area contributed by atoms with Crippen LogP contribution in [0.4, 0.5) is 46.0 Å². The third kappa shape index (κ3) is 6.57. The molecule has 0 saturated heterocycles. The molecule has 0 fully saturated rings. The minimum absolute atomic E-state index is 0.237. The van der Waals surface area contributed by atoms with Crippen LogP contribution in [-0.2, 0) is 17.3 Å². The lowest BCUT2D eigenvalue weighted by atomic mass is 9.35. The lowest BCUT2D eigenvalue weighted by molar-refractivity contribution is -0.137. The van der Waals surface area contributed by atoms with E-state index < -0.39 is 21.7 Å². The zero-order valence-electron chi connectivity index (χ0n) is 46.5. The zero-order chi connectivity index (χ0) is 52.1. The smallest absolute Gasteiger partial charge is 0.178 e. The Morgan fingerprint density at radius 3 is 1.54 bits per heavy atom. The maximum atomic E-state index is 5.51. The van der Waals surface area contributed by atoms with Crippen LogP contribution in [0.5, 0.6) is 0 Å². The number of aryl methyl sites for hydroxylation is 3. The molecule has 6 atom stereocenters. The largest absolute Gasteiger partial charge is 0.301 e. The van der Waals surface area contributed by atoms with Crippen LogP contribution in [0, 0.1) is 24.7 Å². The van der Waals surface area contributed by atoms with Crippen LogP contribution in [0.15, 0.2) is 128 Å². The molecule has 2 aromatic heterocycles. The Kier molecular flexibility index (Phi) is 12.3. The minimum Gasteiger partial charge on any atom is -0.301 e. The molecule has 382 valence electrons. The Morgan fingerprint density at radius 1 is 0.500 bits per heavy atom. The van der Waals surface area contributed by atoms with E-state index in [2.05, 4.69) is 213 Å². The van der Waals surface area contributed by atoms with Crippen LogP contribution in [0.25, 0.3) is 11.1 Å². The van der Waals surface area contributed by atoms with Gasteiger partial charge in [0.05, 0.1) is 0 Å². The Bertz CT molecular complexity index is 3230. The summed E-state index contributed by atoms with van der Waals surface area (Å²) in [5.74, 6) is 4.31. The fourth-order valence-electron chi connectivity index (χ4n) is 16.1. The van der Waals surface area contributed by atoms with Crippen LogP contribution in [-0.4, -0.2) is 32.3 Å². The molecular formula is C66H78N8. The van der Waals surface area contributed by atoms with Crippen molar-refractivity contribution < 1.29 is 0 Å². The first-order valence-electron chi connectivity index (χ1n) is 28.1. The molecule has 8 heteroatoms. The summed E-state index contributed by atoms with van der Waals surface area (Å²) >= 11 is 0. The molecular weight excluding hydrogens is 905 g/mol. The summed E-state index contributed by atoms with van der Waals surface area (Å²) in [6.07, 6.45) is 14.1. The summed E-state index contributed by atoms with van der Waals surface area (Å²) in [6, 6.07) is 40.0. The van der Waals surface area contributed by atoms with E-state index in [1.807, 2.05) is 24.8 Å². The SMILES string of the molecule is CCCCc1ccc(C(C)C)c(-c2ccc3c(c2)N2c4nccnc4N(c4cc(C)cc(C)c4)C2C(CC)(C2(CC)C4N(c5ccccc5)c5nccnc5N4c4ccccc4C2(C)CC)C3(C)CC)c1C(C)C. The number of unbranched alkanes of at least 4 members (excludes halogenated alkanes) is 1. The first-order valence-corrected chi connectivity index (χ1v) is 28.1. The van der Waals surface area contributed by atoms with E-state index >= 15 is 0 Å². The predicted octanol–water partition coefficient (Wildman–Crippen LogP) is 17.2. The van der Waals surface area contributed by atoms with Crippen molar-refractivity contribution in [2.24, 2.45) is 10.8 Å². The molecule has 0 amide bonds. The maximum Gasteiger partial charge on any atom is 0.178 e. The highest BCUT2D eigenvalue weighted by Gasteiger charge is 2.79. The van der Waals surface area contributed by atoms with Gasteiger partial charge in [-0.25, -0.2) is 19.9 Å². The van der Waals surface area contributed by atoms with Crippen LogP contribution in [0.3, 0.4) is 0 Å². The van der Waals surface area contributed by atoms with Gasteiger partial charge in [-0.05, 0) is 151 Å². The highest BCUT2D eigenvalue weighted by atomic mass is 15.5. The van der Waals surface area contributed by atoms with Crippen molar-refractivity contribution in [3.8, 4) is 11.1 Å². The molecule has 6 unspecified atom stereocenters. The van der Waals surface area contributed by atoms with Crippen LogP contribution < -0.4 is 19.6 Å². The zero-order valence-corrected chi connectivity index (χ0v) is 46.5. The second-order valence-electron chi connectivity index (χ2n) is 23.1. The molecule has 4 aliphatic heterocycles. The van der Waals surface area contributed by atoms with Gasteiger partial charge in [0.15, 0.2) is 23.3 Å². The van der Waals surface area contributed by atoms with Gasteiger partial charge >= 0.3 is 0 Å². The van der Waals surface area contributed by atoms with E-state index in [1.54, 1.807) is 0 Å². The first-order chi connectivity index (χ1) is 35.7. The summed E-state index contributed by atoms with van der Waals surface area (Å²) in [6.45, 7) is 31.6. The van der Waals surface area contributed by atoms with Crippen molar-refractivity contribution in [2.45, 2.75) is 170 Å². The monoisotopic (exact) mass is 983 g/mol. The molecule has 0 bridgehead atoms. The highest BCUT2D eigenvalue weighted by Crippen LogP contribution is 2.78. The predicted molar refractivity (Wildman–Crippen MR) is 308 cm³/mol. The molecule has 5 aromatic carbocycles. The number of anilines is 8. The number of aromatic nitrogens is 4. The summed E-state index contributed by atoms with van der Waals surface area (Å²) in [4.78, 5) is 32.2. The Balaban J connectivity index is 1.32. The molecule has 8 nitrogen and oxygen atoms in total. The average molecular weight is 983 g/mol. The second-order valence-corrected chi connectivity index (χ2v) is 23.1. The summed E-state index contributed by atoms with van der Waals surface area (Å²) in [5, 5.41) is 0. The van der Waals surface area contributed by atoms with Crippen molar-refractivity contribution in [1.29, 1.82) is 0 Å². The van der Waals surface area contributed by atoms with Gasteiger partial charge in [0, 0.05) is 69.2 Å². The molecule has 74 heavy (non-hydrogen) atoms. The number of hydrogen-bond acceptors (Lipinski definition) is 8. The van der Waals surface area contributed by atoms with Crippen molar-refractivity contribution in [3.05, 3.63) is 167 Å². The molecule has 0 radical (unpaired) electrons. The molecule has 0 N–H and O–H groups in total. The molecule has 0 saturated carbocycles. The van der Waals surface area contributed by atoms with E-state index in [4.69, 9.17) is 19.9 Å². The van der Waals surface area contributed by atoms with E-state index in [9.17, 15) is 0 Å². The van der Waals surface area contributed by atoms with Crippen molar-refractivity contribution in [2.75, 3.05) is 19.6 Å². The fraction of sp³-hybridized carbons (Fsp3) is 0.424. The number of fused-ring (bicyclic) bond motifs is 10. The van der Waals surface area contributed by atoms with Gasteiger partial charge in [0.25, 0.3) is 0 Å². The van der Waals surface area contributed by atoms with Gasteiger partial charge in [-0.15, -0.1) is 0 Å². The lowest BCUT2D eigenvalue weighted by Gasteiger charge is -2.74. The number of hydrogen-bond donors (Lipinski definition) is 0. The lowest BCUT2D eigenvalue weighted by Crippen LogP contribution is -2.79. The topological polar surface area (TPSA) is 64.5 Å². The quantitative estimate of drug-likeness (QED) is 0.113. The number of para-hydroxylation sites is 2. The van der Waals surface area contributed by atoms with Gasteiger partial charge in [0.2, 0.25) is 0 Å². The van der Waals surface area contributed by atoms with Gasteiger partial charge in [-0.3, -0.25) is 0 Å². The third-order valence-corrected chi connectivity index (χ3v) is 19.2. The highest BCUT2D eigenvalue weighted by molar-refractivity contribution is 5.92. The Hall–Kier alpha value is -6.54. The van der Waals surface area contributed by atoms with E-state index in [0.29, 0.717) is 11.8 Å². The van der Waals surface area contributed by atoms with E-state index in [-0.39, 0.29) is 12.3 Å². The van der Waals surface area contributed by atoms with E-state index in [0.717, 1.165) is 66.8 Å². The number of benzene rings is 5. The minimum atomic E-state index is -0.569. The average Bonchev–Trinajstić information content (AvgIpc) is 4.00. The van der Waals surface area contributed by atoms with Gasteiger partial charge in [0.1, 0.15) is 12.3 Å². The number of nitrogens with zero attached hydrogens (tertiary/aromatic N) is 8. The van der Waals surface area contributed by atoms with Gasteiger partial charge in [-0.1, -0.05) is 149 Å². The molecule has 0 aliphatic carbocycles. The van der Waals surface area contributed by atoms with Gasteiger partial charge < -0.3 is 19.6 Å². The van der Waals surface area contributed by atoms with E-state index in [1.165, 1.54) is 74.3 Å². The number of rotatable bonds is 13. The van der Waals surface area contributed by atoms with Crippen LogP contribution in [0.2, 0.25) is 0 Å². The Morgan fingerprint density at radius 2 is 1.01 bits per heavy atom. The third-order valence-electron chi connectivity index (χ3n) is 19.2. The molecule has 6 heterocycles. The van der Waals surface area contributed by atoms with Crippen molar-refractivity contribution in [1.82, 2.24) is 19.9 Å². The van der Waals surface area contributed by atoms with Gasteiger partial charge in [-0.2, -0.15) is 0 Å². The first kappa shape index (κ1) is 49.7. The molecule has 7 aromatic rings. The summed E-state index contributed by atoms with van der Waals surface area (Å²) < 4.78 is 0. The van der Waals surface area contributed by atoms with Crippen molar-refractivity contribution >= 4 is 46.0 Å². The molecule has 0 spiro atoms. The van der Waals surface area contributed by atoms with Crippen LogP contribution >= 0.6 is 0 Å². The van der Waals surface area contributed by atoms with Crippen LogP contribution in [0.1, 0.15) is 165 Å². The maximum absolute atomic E-state index is 5.51. The second kappa shape index (κ2) is 18.4. The van der Waals surface area contributed by atoms with Crippen molar-refractivity contribution in [3.63, 3.8) is 0 Å². The summed E-state index contributed by atoms with van der Waals surface area (Å²) in [5.41, 5.74) is 15.0. The molecule has 11 rings (SSSR count). The molecule has 4 aliphatic rings. The summed E-state index contributed by atoms with van der Waals surface area (Å²) in [7, 11) is 0. The normalized spacial score (nSPS) is 24.5. The fourth-order valence-corrected chi connectivity index (χ4v) is 16.1.